The van der Waals surface area contributed by atoms with Gasteiger partial charge in [0.1, 0.15) is 0 Å². The second-order valence-corrected chi connectivity index (χ2v) is 8.23. The number of carbonyl (C=O) groups is 1. The molecule has 1 aromatic carbocycles. The van der Waals surface area contributed by atoms with E-state index >= 15 is 0 Å². The molecule has 0 spiro atoms. The quantitative estimate of drug-likeness (QED) is 0.712. The molecule has 0 radical (unpaired) electrons. The van der Waals surface area contributed by atoms with E-state index in [1.54, 1.807) is 0 Å². The molecule has 1 aliphatic heterocycles. The van der Waals surface area contributed by atoms with Gasteiger partial charge in [-0.15, -0.1) is 0 Å². The van der Waals surface area contributed by atoms with Gasteiger partial charge in [0.2, 0.25) is 0 Å². The summed E-state index contributed by atoms with van der Waals surface area (Å²) in [5, 5.41) is 0. The lowest BCUT2D eigenvalue weighted by molar-refractivity contribution is 0.0440. The molecule has 2 unspecified atom stereocenters. The number of benzene rings is 1. The molecular weight excluding hydrogens is 350 g/mol. The predicted octanol–water partition coefficient (Wildman–Crippen LogP) is 2.44. The van der Waals surface area contributed by atoms with E-state index in [1.807, 2.05) is 30.8 Å². The van der Waals surface area contributed by atoms with Gasteiger partial charge in [0.15, 0.2) is 0 Å². The molecule has 2 rings (SSSR count). The molecular formula is C19H31N3OS2. The van der Waals surface area contributed by atoms with Crippen molar-refractivity contribution in [1.29, 1.82) is 0 Å². The van der Waals surface area contributed by atoms with Crippen molar-refractivity contribution >= 4 is 30.3 Å². The zero-order valence-electron chi connectivity index (χ0n) is 15.6. The second kappa shape index (κ2) is 9.86. The lowest BCUT2D eigenvalue weighted by Gasteiger charge is -2.42. The second-order valence-electron chi connectivity index (χ2n) is 6.88. The van der Waals surface area contributed by atoms with Crippen molar-refractivity contribution in [3.8, 4) is 0 Å². The number of hydrogen-bond donors (Lipinski definition) is 2. The molecule has 4 nitrogen and oxygen atoms in total. The van der Waals surface area contributed by atoms with Crippen LogP contribution in [0, 0.1) is 13.8 Å². The summed E-state index contributed by atoms with van der Waals surface area (Å²) in [6.07, 6.45) is 3.14. The normalized spacial score (nSPS) is 19.9. The minimum absolute atomic E-state index is 0.0887. The highest BCUT2D eigenvalue weighted by molar-refractivity contribution is 7.98. The minimum Gasteiger partial charge on any atom is -0.333 e. The van der Waals surface area contributed by atoms with Crippen LogP contribution in [-0.4, -0.2) is 71.7 Å². The molecule has 2 atom stereocenters. The largest absolute Gasteiger partial charge is 0.333 e. The van der Waals surface area contributed by atoms with Gasteiger partial charge < -0.3 is 10.6 Å². The molecule has 1 saturated heterocycles. The highest BCUT2D eigenvalue weighted by Gasteiger charge is 2.31. The van der Waals surface area contributed by atoms with Crippen LogP contribution in [0.3, 0.4) is 0 Å². The molecule has 0 aromatic heterocycles. The van der Waals surface area contributed by atoms with Crippen molar-refractivity contribution in [3.63, 3.8) is 0 Å². The molecule has 1 aliphatic rings. The van der Waals surface area contributed by atoms with Crippen molar-refractivity contribution in [1.82, 2.24) is 9.80 Å². The summed E-state index contributed by atoms with van der Waals surface area (Å²) in [6, 6.07) is 6.34. The zero-order valence-corrected chi connectivity index (χ0v) is 17.3. The highest BCUT2D eigenvalue weighted by Crippen LogP contribution is 2.21. The van der Waals surface area contributed by atoms with Gasteiger partial charge in [-0.1, -0.05) is 12.1 Å². The topological polar surface area (TPSA) is 49.6 Å². The van der Waals surface area contributed by atoms with Gasteiger partial charge in [0.25, 0.3) is 5.91 Å². The van der Waals surface area contributed by atoms with Gasteiger partial charge in [0, 0.05) is 49.6 Å². The average Bonchev–Trinajstić information content (AvgIpc) is 2.61. The molecule has 1 fully saturated rings. The lowest BCUT2D eigenvalue weighted by Crippen LogP contribution is -2.57. The standard InChI is InChI=1S/C19H31N3OS2/c1-14-5-4-6-18(15(14)2)19(23)22-9-8-21(11-16(20)13-24)12-17(22)7-10-25-3/h4-6,16-17,24H,7-13,20H2,1-3H3. The number of thioether (sulfide) groups is 1. The van der Waals surface area contributed by atoms with Crippen molar-refractivity contribution in [2.45, 2.75) is 32.4 Å². The molecule has 6 heteroatoms. The van der Waals surface area contributed by atoms with Crippen molar-refractivity contribution < 1.29 is 4.79 Å². The van der Waals surface area contributed by atoms with Crippen molar-refractivity contribution in [2.75, 3.05) is 43.9 Å². The van der Waals surface area contributed by atoms with E-state index in [1.165, 1.54) is 5.56 Å². The van der Waals surface area contributed by atoms with Gasteiger partial charge in [-0.3, -0.25) is 9.69 Å². The Kier molecular flexibility index (Phi) is 8.13. The van der Waals surface area contributed by atoms with Gasteiger partial charge in [-0.05, 0) is 49.5 Å². The van der Waals surface area contributed by atoms with Crippen LogP contribution >= 0.6 is 24.4 Å². The van der Waals surface area contributed by atoms with Crippen LogP contribution in [0.1, 0.15) is 27.9 Å². The first-order valence-electron chi connectivity index (χ1n) is 8.92. The Bertz CT molecular complexity index is 582. The fourth-order valence-electron chi connectivity index (χ4n) is 3.38. The Morgan fingerprint density at radius 3 is 2.84 bits per heavy atom. The SMILES string of the molecule is CSCCC1CN(CC(N)CS)CCN1C(=O)c1cccc(C)c1C. The summed E-state index contributed by atoms with van der Waals surface area (Å²) >= 11 is 6.13. The lowest BCUT2D eigenvalue weighted by atomic mass is 10.0. The van der Waals surface area contributed by atoms with Crippen LogP contribution in [0.15, 0.2) is 18.2 Å². The van der Waals surface area contributed by atoms with Gasteiger partial charge in [0.05, 0.1) is 0 Å². The number of rotatable bonds is 7. The van der Waals surface area contributed by atoms with E-state index in [2.05, 4.69) is 41.7 Å². The van der Waals surface area contributed by atoms with Crippen molar-refractivity contribution in [3.05, 3.63) is 34.9 Å². The van der Waals surface area contributed by atoms with Crippen LogP contribution in [-0.2, 0) is 0 Å². The average molecular weight is 382 g/mol. The Morgan fingerprint density at radius 1 is 1.40 bits per heavy atom. The van der Waals surface area contributed by atoms with Gasteiger partial charge >= 0.3 is 0 Å². The number of amides is 1. The number of hydrogen-bond acceptors (Lipinski definition) is 5. The highest BCUT2D eigenvalue weighted by atomic mass is 32.2. The molecule has 25 heavy (non-hydrogen) atoms. The fourth-order valence-corrected chi connectivity index (χ4v) is 4.00. The predicted molar refractivity (Wildman–Crippen MR) is 112 cm³/mol. The molecule has 1 aromatic rings. The van der Waals surface area contributed by atoms with Gasteiger partial charge in [-0.25, -0.2) is 0 Å². The third kappa shape index (κ3) is 5.39. The molecule has 0 aliphatic carbocycles. The first-order valence-corrected chi connectivity index (χ1v) is 11.0. The first-order chi connectivity index (χ1) is 12.0. The summed E-state index contributed by atoms with van der Waals surface area (Å²) in [7, 11) is 0. The Balaban J connectivity index is 2.14. The van der Waals surface area contributed by atoms with Crippen molar-refractivity contribution in [2.24, 2.45) is 5.73 Å². The summed E-state index contributed by atoms with van der Waals surface area (Å²) in [5.74, 6) is 1.93. The third-order valence-corrected chi connectivity index (χ3v) is 6.16. The van der Waals surface area contributed by atoms with Crippen LogP contribution in [0.25, 0.3) is 0 Å². The third-order valence-electron chi connectivity index (χ3n) is 5.05. The fraction of sp³-hybridized carbons (Fsp3) is 0.632. The smallest absolute Gasteiger partial charge is 0.254 e. The van der Waals surface area contributed by atoms with E-state index < -0.39 is 0 Å². The molecule has 2 N–H and O–H groups in total. The molecule has 1 heterocycles. The molecule has 140 valence electrons. The number of carbonyl (C=O) groups excluding carboxylic acids is 1. The van der Waals surface area contributed by atoms with Crippen LogP contribution in [0.2, 0.25) is 0 Å². The van der Waals surface area contributed by atoms with Crippen LogP contribution < -0.4 is 5.73 Å². The van der Waals surface area contributed by atoms with E-state index in [-0.39, 0.29) is 18.0 Å². The summed E-state index contributed by atoms with van der Waals surface area (Å²) in [5.41, 5.74) is 9.18. The number of nitrogens with two attached hydrogens (primary N) is 1. The van der Waals surface area contributed by atoms with E-state index in [9.17, 15) is 4.79 Å². The van der Waals surface area contributed by atoms with Crippen LogP contribution in [0.4, 0.5) is 0 Å². The van der Waals surface area contributed by atoms with Gasteiger partial charge in [-0.2, -0.15) is 24.4 Å². The zero-order chi connectivity index (χ0) is 18.4. The maximum atomic E-state index is 13.2. The number of thiol groups is 1. The van der Waals surface area contributed by atoms with E-state index in [0.29, 0.717) is 5.75 Å². The number of nitrogens with zero attached hydrogens (tertiary/aromatic N) is 2. The summed E-state index contributed by atoms with van der Waals surface area (Å²) in [6.45, 7) is 7.51. The Labute approximate surface area is 161 Å². The van der Waals surface area contributed by atoms with E-state index in [0.717, 1.165) is 49.5 Å². The van der Waals surface area contributed by atoms with E-state index in [4.69, 9.17) is 5.73 Å². The minimum atomic E-state index is 0.0887. The summed E-state index contributed by atoms with van der Waals surface area (Å²) in [4.78, 5) is 17.7. The molecule has 0 saturated carbocycles. The number of piperazine rings is 1. The molecule has 0 bridgehead atoms. The first kappa shape index (κ1) is 20.6. The Morgan fingerprint density at radius 2 is 2.16 bits per heavy atom. The van der Waals surface area contributed by atoms with Crippen LogP contribution in [0.5, 0.6) is 0 Å². The molecule has 1 amide bonds. The maximum Gasteiger partial charge on any atom is 0.254 e. The monoisotopic (exact) mass is 381 g/mol. The maximum absolute atomic E-state index is 13.2. The Hall–Kier alpha value is -0.690. The number of aryl methyl sites for hydroxylation is 1. The summed E-state index contributed by atoms with van der Waals surface area (Å²) < 4.78 is 0.